The second-order valence-corrected chi connectivity index (χ2v) is 8.38. The number of nitrogens with zero attached hydrogens (tertiary/aromatic N) is 1. The molecule has 0 saturated heterocycles. The molecule has 3 aromatic rings. The monoisotopic (exact) mass is 498 g/mol. The van der Waals surface area contributed by atoms with E-state index in [9.17, 15) is 18.0 Å². The molecule has 188 valence electrons. The smallest absolute Gasteiger partial charge is 0.408 e. The van der Waals surface area contributed by atoms with Gasteiger partial charge in [-0.1, -0.05) is 24.3 Å². The Bertz CT molecular complexity index is 1240. The number of ether oxygens (including phenoxy) is 1. The minimum absolute atomic E-state index is 0.152. The van der Waals surface area contributed by atoms with Gasteiger partial charge in [0.15, 0.2) is 0 Å². The molecule has 0 aliphatic heterocycles. The number of hydrazone groups is 1. The lowest BCUT2D eigenvalue weighted by Crippen LogP contribution is -2.25. The van der Waals surface area contributed by atoms with E-state index in [4.69, 9.17) is 4.84 Å². The van der Waals surface area contributed by atoms with Crippen LogP contribution in [0.2, 0.25) is 0 Å². The molecule has 0 heterocycles. The average Bonchev–Trinajstić information content (AvgIpc) is 3.22. The SMILES string of the molecule is Cc1cccc(C)c1NC(=O)N/N=C/c1ccc(ONC2CCc3cc(OC(F)(F)F)ccc32)cc1. The Kier molecular flexibility index (Phi) is 7.44. The Hall–Kier alpha value is -4.05. The topological polar surface area (TPSA) is 84.0 Å². The van der Waals surface area contributed by atoms with Crippen LogP contribution in [0.4, 0.5) is 23.7 Å². The molecule has 10 heteroatoms. The molecule has 7 nitrogen and oxygen atoms in total. The van der Waals surface area contributed by atoms with Gasteiger partial charge in [0.25, 0.3) is 0 Å². The van der Waals surface area contributed by atoms with Gasteiger partial charge in [0, 0.05) is 5.69 Å². The lowest BCUT2D eigenvalue weighted by molar-refractivity contribution is -0.274. The summed E-state index contributed by atoms with van der Waals surface area (Å²) in [5.41, 5.74) is 10.5. The second kappa shape index (κ2) is 10.7. The summed E-state index contributed by atoms with van der Waals surface area (Å²) in [6, 6.07) is 16.5. The van der Waals surface area contributed by atoms with Crippen molar-refractivity contribution < 1.29 is 27.5 Å². The molecule has 1 atom stereocenters. The summed E-state index contributed by atoms with van der Waals surface area (Å²) in [7, 11) is 0. The standard InChI is InChI=1S/C26H25F3N4O3/c1-16-4-3-5-17(2)24(16)31-25(34)32-30-15-18-6-9-20(10-7-18)36-33-23-13-8-19-14-21(11-12-22(19)23)35-26(27,28)29/h3-7,9-12,14-15,23,33H,8,13H2,1-2H3,(H2,31,32,34)/b30-15+. The van der Waals surface area contributed by atoms with E-state index in [0.29, 0.717) is 18.6 Å². The number of aryl methyl sites for hydroxylation is 3. The highest BCUT2D eigenvalue weighted by Crippen LogP contribution is 2.35. The zero-order valence-corrected chi connectivity index (χ0v) is 19.6. The Labute approximate surface area is 206 Å². The molecular formula is C26H25F3N4O3. The predicted molar refractivity (Wildman–Crippen MR) is 130 cm³/mol. The number of fused-ring (bicyclic) bond motifs is 1. The number of rotatable bonds is 7. The number of nitrogens with one attached hydrogen (secondary N) is 3. The number of para-hydroxylation sites is 1. The van der Waals surface area contributed by atoms with Gasteiger partial charge in [-0.3, -0.25) is 0 Å². The molecule has 3 aromatic carbocycles. The number of carbonyl (C=O) groups is 1. The Morgan fingerprint density at radius 3 is 2.42 bits per heavy atom. The first-order chi connectivity index (χ1) is 17.2. The van der Waals surface area contributed by atoms with Crippen molar-refractivity contribution in [2.45, 2.75) is 39.1 Å². The summed E-state index contributed by atoms with van der Waals surface area (Å²) in [4.78, 5) is 17.8. The number of hydrogen-bond donors (Lipinski definition) is 3. The first kappa shape index (κ1) is 25.1. The van der Waals surface area contributed by atoms with Crippen molar-refractivity contribution in [3.63, 3.8) is 0 Å². The Morgan fingerprint density at radius 2 is 1.72 bits per heavy atom. The number of benzene rings is 3. The molecule has 0 fully saturated rings. The first-order valence-corrected chi connectivity index (χ1v) is 11.3. The summed E-state index contributed by atoms with van der Waals surface area (Å²) < 4.78 is 41.3. The molecule has 1 aliphatic rings. The fraction of sp³-hybridized carbons (Fsp3) is 0.231. The van der Waals surface area contributed by atoms with Crippen LogP contribution >= 0.6 is 0 Å². The summed E-state index contributed by atoms with van der Waals surface area (Å²) in [5.74, 6) is 0.329. The van der Waals surface area contributed by atoms with Crippen LogP contribution in [0.15, 0.2) is 65.8 Å². The highest BCUT2D eigenvalue weighted by atomic mass is 19.4. The van der Waals surface area contributed by atoms with Gasteiger partial charge in [0.05, 0.1) is 12.3 Å². The third kappa shape index (κ3) is 6.54. The van der Waals surface area contributed by atoms with E-state index >= 15 is 0 Å². The quantitative estimate of drug-likeness (QED) is 0.279. The molecule has 1 aliphatic carbocycles. The number of halogens is 3. The van der Waals surface area contributed by atoms with Crippen LogP contribution in [0.25, 0.3) is 0 Å². The summed E-state index contributed by atoms with van der Waals surface area (Å²) in [5, 5.41) is 6.75. The summed E-state index contributed by atoms with van der Waals surface area (Å²) in [6.07, 6.45) is -1.90. The molecule has 1 unspecified atom stereocenters. The van der Waals surface area contributed by atoms with Crippen LogP contribution in [0.1, 0.15) is 40.3 Å². The number of hydrogen-bond acceptors (Lipinski definition) is 5. The molecule has 4 rings (SSSR count). The summed E-state index contributed by atoms with van der Waals surface area (Å²) in [6.45, 7) is 3.83. The highest BCUT2D eigenvalue weighted by Gasteiger charge is 2.32. The third-order valence-corrected chi connectivity index (χ3v) is 5.72. The van der Waals surface area contributed by atoms with Crippen molar-refractivity contribution >= 4 is 17.9 Å². The molecule has 0 radical (unpaired) electrons. The van der Waals surface area contributed by atoms with E-state index in [1.54, 1.807) is 30.3 Å². The van der Waals surface area contributed by atoms with Crippen molar-refractivity contribution in [2.24, 2.45) is 5.10 Å². The number of anilines is 1. The van der Waals surface area contributed by atoms with Gasteiger partial charge in [-0.15, -0.1) is 18.7 Å². The number of urea groups is 1. The van der Waals surface area contributed by atoms with Crippen molar-refractivity contribution in [1.82, 2.24) is 10.9 Å². The number of carbonyl (C=O) groups excluding carboxylic acids is 1. The molecule has 36 heavy (non-hydrogen) atoms. The van der Waals surface area contributed by atoms with E-state index in [0.717, 1.165) is 33.5 Å². The Morgan fingerprint density at radius 1 is 1.03 bits per heavy atom. The lowest BCUT2D eigenvalue weighted by atomic mass is 10.1. The van der Waals surface area contributed by atoms with Gasteiger partial charge < -0.3 is 14.9 Å². The maximum atomic E-state index is 12.4. The normalized spacial score (nSPS) is 15.0. The maximum Gasteiger partial charge on any atom is 0.573 e. The second-order valence-electron chi connectivity index (χ2n) is 8.38. The molecule has 0 spiro atoms. The fourth-order valence-electron chi connectivity index (χ4n) is 3.99. The first-order valence-electron chi connectivity index (χ1n) is 11.3. The molecular weight excluding hydrogens is 473 g/mol. The average molecular weight is 499 g/mol. The zero-order valence-electron chi connectivity index (χ0n) is 19.6. The van der Waals surface area contributed by atoms with E-state index < -0.39 is 12.4 Å². The van der Waals surface area contributed by atoms with Crippen molar-refractivity contribution in [2.75, 3.05) is 5.32 Å². The highest BCUT2D eigenvalue weighted by molar-refractivity contribution is 5.91. The zero-order chi connectivity index (χ0) is 25.7. The Balaban J connectivity index is 1.26. The fourth-order valence-corrected chi connectivity index (χ4v) is 3.99. The number of amides is 2. The van der Waals surface area contributed by atoms with Gasteiger partial charge in [0.2, 0.25) is 0 Å². The van der Waals surface area contributed by atoms with Gasteiger partial charge in [-0.2, -0.15) is 5.10 Å². The lowest BCUT2D eigenvalue weighted by Gasteiger charge is -2.15. The van der Waals surface area contributed by atoms with Gasteiger partial charge >= 0.3 is 12.4 Å². The number of hydroxylamine groups is 1. The largest absolute Gasteiger partial charge is 0.573 e. The maximum absolute atomic E-state index is 12.4. The van der Waals surface area contributed by atoms with Crippen molar-refractivity contribution in [1.29, 1.82) is 0 Å². The third-order valence-electron chi connectivity index (χ3n) is 5.72. The molecule has 2 amide bonds. The van der Waals surface area contributed by atoms with E-state index in [2.05, 4.69) is 26.1 Å². The minimum atomic E-state index is -4.71. The number of alkyl halides is 3. The van der Waals surface area contributed by atoms with Crippen LogP contribution in [0.3, 0.4) is 0 Å². The van der Waals surface area contributed by atoms with Crippen LogP contribution in [0, 0.1) is 13.8 Å². The van der Waals surface area contributed by atoms with Crippen LogP contribution in [-0.2, 0) is 6.42 Å². The van der Waals surface area contributed by atoms with Gasteiger partial charge in [-0.05, 0) is 90.9 Å². The molecule has 0 saturated carbocycles. The van der Waals surface area contributed by atoms with E-state index in [-0.39, 0.29) is 11.8 Å². The molecule has 0 bridgehead atoms. The minimum Gasteiger partial charge on any atom is -0.408 e. The van der Waals surface area contributed by atoms with E-state index in [1.165, 1.54) is 18.3 Å². The van der Waals surface area contributed by atoms with Gasteiger partial charge in [0.1, 0.15) is 11.5 Å². The van der Waals surface area contributed by atoms with Crippen molar-refractivity contribution in [3.8, 4) is 11.5 Å². The van der Waals surface area contributed by atoms with Gasteiger partial charge in [-0.25, -0.2) is 10.2 Å². The molecule has 0 aromatic heterocycles. The van der Waals surface area contributed by atoms with Crippen LogP contribution in [0.5, 0.6) is 11.5 Å². The predicted octanol–water partition coefficient (Wildman–Crippen LogP) is 5.93. The van der Waals surface area contributed by atoms with E-state index in [1.807, 2.05) is 32.0 Å². The van der Waals surface area contributed by atoms with Crippen molar-refractivity contribution in [3.05, 3.63) is 88.5 Å². The summed E-state index contributed by atoms with van der Waals surface area (Å²) >= 11 is 0. The van der Waals surface area contributed by atoms with Crippen LogP contribution in [-0.4, -0.2) is 18.6 Å². The van der Waals surface area contributed by atoms with Crippen LogP contribution < -0.4 is 25.8 Å². The molecule has 3 N–H and O–H groups in total.